The molecule has 0 unspecified atom stereocenters. The van der Waals surface area contributed by atoms with Crippen molar-refractivity contribution in [1.29, 1.82) is 0 Å². The summed E-state index contributed by atoms with van der Waals surface area (Å²) < 4.78 is 0. The number of piperidine rings is 1. The van der Waals surface area contributed by atoms with Gasteiger partial charge in [0.2, 0.25) is 17.0 Å². The third-order valence-electron chi connectivity index (χ3n) is 4.34. The topological polar surface area (TPSA) is 83.9 Å². The van der Waals surface area contributed by atoms with Crippen LogP contribution in [0.5, 0.6) is 0 Å². The number of carbonyl (C=O) groups is 1. The maximum atomic E-state index is 12.7. The lowest BCUT2D eigenvalue weighted by molar-refractivity contribution is -0.120. The molecular weight excluding hydrogens is 348 g/mol. The van der Waals surface area contributed by atoms with Crippen LogP contribution in [0.4, 0.5) is 11.1 Å². The summed E-state index contributed by atoms with van der Waals surface area (Å²) in [6, 6.07) is 1.96. The molecule has 1 amide bonds. The van der Waals surface area contributed by atoms with Crippen molar-refractivity contribution in [1.82, 2.24) is 20.2 Å². The zero-order valence-electron chi connectivity index (χ0n) is 16.0. The van der Waals surface area contributed by atoms with Crippen LogP contribution in [0.3, 0.4) is 0 Å². The van der Waals surface area contributed by atoms with Crippen LogP contribution in [0, 0.1) is 19.8 Å². The van der Waals surface area contributed by atoms with Crippen molar-refractivity contribution in [3.8, 4) is 0 Å². The van der Waals surface area contributed by atoms with Crippen LogP contribution in [0.25, 0.3) is 0 Å². The molecule has 1 atom stereocenters. The lowest BCUT2D eigenvalue weighted by Gasteiger charge is -2.32. The summed E-state index contributed by atoms with van der Waals surface area (Å²) in [4.78, 5) is 23.9. The summed E-state index contributed by atoms with van der Waals surface area (Å²) in [5, 5.41) is 12.7. The minimum Gasteiger partial charge on any atom is -0.340 e. The predicted molar refractivity (Wildman–Crippen MR) is 104 cm³/mol. The second-order valence-corrected chi connectivity index (χ2v) is 8.87. The van der Waals surface area contributed by atoms with Crippen LogP contribution >= 0.6 is 11.3 Å². The van der Waals surface area contributed by atoms with Crippen molar-refractivity contribution in [2.24, 2.45) is 5.92 Å². The molecular formula is C18H26N6OS. The Morgan fingerprint density at radius 1 is 1.23 bits per heavy atom. The van der Waals surface area contributed by atoms with Crippen molar-refractivity contribution >= 4 is 28.3 Å². The SMILES string of the molecule is Cc1cc(C)nc(N2CCC[C@@H](C(=O)Nc3nnc(C(C)(C)C)s3)C2)n1. The molecule has 3 heterocycles. The molecule has 0 aliphatic carbocycles. The fourth-order valence-corrected chi connectivity index (χ4v) is 3.81. The van der Waals surface area contributed by atoms with Gasteiger partial charge in [-0.1, -0.05) is 32.1 Å². The van der Waals surface area contributed by atoms with Crippen molar-refractivity contribution in [2.45, 2.75) is 52.9 Å². The van der Waals surface area contributed by atoms with Gasteiger partial charge < -0.3 is 10.2 Å². The van der Waals surface area contributed by atoms with E-state index in [1.807, 2.05) is 19.9 Å². The van der Waals surface area contributed by atoms with Gasteiger partial charge in [-0.05, 0) is 32.8 Å². The van der Waals surface area contributed by atoms with E-state index in [2.05, 4.69) is 51.2 Å². The Bertz CT molecular complexity index is 777. The maximum absolute atomic E-state index is 12.7. The number of hydrogen-bond acceptors (Lipinski definition) is 7. The van der Waals surface area contributed by atoms with Gasteiger partial charge in [0.05, 0.1) is 5.92 Å². The average molecular weight is 375 g/mol. The Balaban J connectivity index is 1.67. The number of nitrogens with one attached hydrogen (secondary N) is 1. The summed E-state index contributed by atoms with van der Waals surface area (Å²) >= 11 is 1.44. The molecule has 1 aliphatic rings. The molecule has 1 saturated heterocycles. The number of nitrogens with zero attached hydrogens (tertiary/aromatic N) is 5. The van der Waals surface area contributed by atoms with Crippen LogP contribution in [-0.2, 0) is 10.2 Å². The van der Waals surface area contributed by atoms with Gasteiger partial charge in [-0.15, -0.1) is 10.2 Å². The molecule has 0 saturated carbocycles. The normalized spacial score (nSPS) is 18.0. The van der Waals surface area contributed by atoms with Gasteiger partial charge in [0.15, 0.2) is 0 Å². The van der Waals surface area contributed by atoms with E-state index in [4.69, 9.17) is 0 Å². The molecule has 0 aromatic carbocycles. The largest absolute Gasteiger partial charge is 0.340 e. The van der Waals surface area contributed by atoms with Crippen LogP contribution in [0.1, 0.15) is 50.0 Å². The average Bonchev–Trinajstić information content (AvgIpc) is 3.03. The van der Waals surface area contributed by atoms with Gasteiger partial charge in [-0.2, -0.15) is 0 Å². The molecule has 1 fully saturated rings. The van der Waals surface area contributed by atoms with E-state index < -0.39 is 0 Å². The highest BCUT2D eigenvalue weighted by Gasteiger charge is 2.28. The lowest BCUT2D eigenvalue weighted by atomic mass is 9.97. The first kappa shape index (κ1) is 18.7. The molecule has 0 spiro atoms. The van der Waals surface area contributed by atoms with Gasteiger partial charge in [-0.25, -0.2) is 9.97 Å². The van der Waals surface area contributed by atoms with E-state index in [1.165, 1.54) is 11.3 Å². The van der Waals surface area contributed by atoms with E-state index in [-0.39, 0.29) is 17.2 Å². The third-order valence-corrected chi connectivity index (χ3v) is 5.61. The van der Waals surface area contributed by atoms with Crippen molar-refractivity contribution in [3.63, 3.8) is 0 Å². The Morgan fingerprint density at radius 2 is 1.92 bits per heavy atom. The summed E-state index contributed by atoms with van der Waals surface area (Å²) in [5.41, 5.74) is 1.83. The highest BCUT2D eigenvalue weighted by atomic mass is 32.1. The van der Waals surface area contributed by atoms with Crippen LogP contribution in [-0.4, -0.2) is 39.2 Å². The molecule has 7 nitrogen and oxygen atoms in total. The second-order valence-electron chi connectivity index (χ2n) is 7.89. The van der Waals surface area contributed by atoms with Gasteiger partial charge in [0.1, 0.15) is 5.01 Å². The molecule has 1 aliphatic heterocycles. The van der Waals surface area contributed by atoms with E-state index in [1.54, 1.807) is 0 Å². The number of rotatable bonds is 3. The minimum atomic E-state index is -0.102. The van der Waals surface area contributed by atoms with Crippen LogP contribution < -0.4 is 10.2 Å². The molecule has 26 heavy (non-hydrogen) atoms. The van der Waals surface area contributed by atoms with E-state index in [9.17, 15) is 4.79 Å². The number of aromatic nitrogens is 4. The number of carbonyl (C=O) groups excluding carboxylic acids is 1. The quantitative estimate of drug-likeness (QED) is 0.889. The molecule has 8 heteroatoms. The third kappa shape index (κ3) is 4.35. The first-order chi connectivity index (χ1) is 12.2. The summed E-state index contributed by atoms with van der Waals surface area (Å²) in [5.74, 6) is 0.608. The highest BCUT2D eigenvalue weighted by Crippen LogP contribution is 2.28. The predicted octanol–water partition coefficient (Wildman–Crippen LogP) is 3.10. The zero-order chi connectivity index (χ0) is 18.9. The molecule has 0 bridgehead atoms. The molecule has 1 N–H and O–H groups in total. The Morgan fingerprint density at radius 3 is 2.54 bits per heavy atom. The van der Waals surface area contributed by atoms with E-state index in [0.717, 1.165) is 35.8 Å². The Hall–Kier alpha value is -2.09. The van der Waals surface area contributed by atoms with Gasteiger partial charge in [-0.3, -0.25) is 4.79 Å². The van der Waals surface area contributed by atoms with Gasteiger partial charge >= 0.3 is 0 Å². The summed E-state index contributed by atoms with van der Waals surface area (Å²) in [6.45, 7) is 11.7. The summed E-state index contributed by atoms with van der Waals surface area (Å²) in [6.07, 6.45) is 1.80. The first-order valence-electron chi connectivity index (χ1n) is 8.94. The van der Waals surface area contributed by atoms with Gasteiger partial charge in [0, 0.05) is 29.9 Å². The molecule has 3 rings (SSSR count). The monoisotopic (exact) mass is 374 g/mol. The number of anilines is 2. The zero-order valence-corrected chi connectivity index (χ0v) is 16.9. The lowest BCUT2D eigenvalue weighted by Crippen LogP contribution is -2.41. The van der Waals surface area contributed by atoms with Crippen molar-refractivity contribution in [3.05, 3.63) is 22.5 Å². The smallest absolute Gasteiger partial charge is 0.231 e. The van der Waals surface area contributed by atoms with Crippen LogP contribution in [0.15, 0.2) is 6.07 Å². The molecule has 2 aromatic heterocycles. The molecule has 140 valence electrons. The summed E-state index contributed by atoms with van der Waals surface area (Å²) in [7, 11) is 0. The first-order valence-corrected chi connectivity index (χ1v) is 9.76. The standard InChI is InChI=1S/C18H26N6OS/c1-11-9-12(2)20-16(19-11)24-8-6-7-13(10-24)14(25)21-17-23-22-15(26-17)18(3,4)5/h9,13H,6-8,10H2,1-5H3,(H,21,23,25)/t13-/m1/s1. The molecule has 0 radical (unpaired) electrons. The second kappa shape index (κ2) is 7.26. The van der Waals surface area contributed by atoms with Gasteiger partial charge in [0.25, 0.3) is 0 Å². The Labute approximate surface area is 158 Å². The number of hydrogen-bond donors (Lipinski definition) is 1. The fraction of sp³-hybridized carbons (Fsp3) is 0.611. The maximum Gasteiger partial charge on any atom is 0.231 e. The Kier molecular flexibility index (Phi) is 5.22. The fourth-order valence-electron chi connectivity index (χ4n) is 3.01. The van der Waals surface area contributed by atoms with Crippen molar-refractivity contribution in [2.75, 3.05) is 23.3 Å². The molecule has 2 aromatic rings. The number of aryl methyl sites for hydroxylation is 2. The minimum absolute atomic E-state index is 0.00400. The van der Waals surface area contributed by atoms with Crippen LogP contribution in [0.2, 0.25) is 0 Å². The van der Waals surface area contributed by atoms with E-state index >= 15 is 0 Å². The van der Waals surface area contributed by atoms with E-state index in [0.29, 0.717) is 17.6 Å². The van der Waals surface area contributed by atoms with Crippen molar-refractivity contribution < 1.29 is 4.79 Å². The number of amides is 1. The highest BCUT2D eigenvalue weighted by molar-refractivity contribution is 7.15.